The third kappa shape index (κ3) is 3.88. The molecule has 0 saturated carbocycles. The Hall–Kier alpha value is -4.27. The van der Waals surface area contributed by atoms with Crippen molar-refractivity contribution >= 4 is 28.7 Å². The third-order valence-corrected chi connectivity index (χ3v) is 4.21. The number of H-pyrrole nitrogens is 1. The van der Waals surface area contributed by atoms with Gasteiger partial charge in [0, 0.05) is 18.9 Å². The second-order valence-corrected chi connectivity index (χ2v) is 6.16. The number of hydrogen-bond donors (Lipinski definition) is 4. The van der Waals surface area contributed by atoms with Gasteiger partial charge in [0.25, 0.3) is 11.8 Å². The number of carbonyl (C=O) groups is 2. The van der Waals surface area contributed by atoms with Gasteiger partial charge < -0.3 is 20.7 Å². The van der Waals surface area contributed by atoms with Crippen molar-refractivity contribution < 1.29 is 14.7 Å². The average molecular weight is 388 g/mol. The van der Waals surface area contributed by atoms with Crippen LogP contribution >= 0.6 is 0 Å². The van der Waals surface area contributed by atoms with Crippen molar-refractivity contribution in [1.29, 1.82) is 0 Å². The molecule has 0 saturated heterocycles. The summed E-state index contributed by atoms with van der Waals surface area (Å²) >= 11 is 0. The maximum absolute atomic E-state index is 12.5. The summed E-state index contributed by atoms with van der Waals surface area (Å²) in [5, 5.41) is 15.1. The van der Waals surface area contributed by atoms with Crippen molar-refractivity contribution in [1.82, 2.24) is 25.3 Å². The van der Waals surface area contributed by atoms with Gasteiger partial charge in [0.05, 0.1) is 17.4 Å². The Morgan fingerprint density at radius 3 is 2.76 bits per heavy atom. The number of imidazole rings is 1. The van der Waals surface area contributed by atoms with Gasteiger partial charge in [0.1, 0.15) is 17.1 Å². The summed E-state index contributed by atoms with van der Waals surface area (Å²) in [6.45, 7) is 0.236. The molecule has 9 nitrogen and oxygen atoms in total. The predicted octanol–water partition coefficient (Wildman–Crippen LogP) is 2.24. The minimum atomic E-state index is -0.581. The van der Waals surface area contributed by atoms with Crippen molar-refractivity contribution in [3.63, 3.8) is 0 Å². The summed E-state index contributed by atoms with van der Waals surface area (Å²) in [5.41, 5.74) is 2.49. The lowest BCUT2D eigenvalue weighted by molar-refractivity contribution is 0.0951. The fraction of sp³-hybridized carbons (Fsp3) is 0.0500. The third-order valence-electron chi connectivity index (χ3n) is 4.21. The molecule has 0 aliphatic rings. The Balaban J connectivity index is 1.44. The van der Waals surface area contributed by atoms with Gasteiger partial charge in [-0.1, -0.05) is 6.07 Å². The van der Waals surface area contributed by atoms with E-state index in [-0.39, 0.29) is 29.7 Å². The number of hydrogen-bond acceptors (Lipinski definition) is 6. The molecule has 29 heavy (non-hydrogen) atoms. The van der Waals surface area contributed by atoms with E-state index in [2.05, 4.69) is 30.6 Å². The van der Waals surface area contributed by atoms with E-state index in [0.717, 1.165) is 11.1 Å². The Kier molecular flexibility index (Phi) is 4.85. The van der Waals surface area contributed by atoms with Crippen LogP contribution in [0, 0.1) is 0 Å². The van der Waals surface area contributed by atoms with Crippen LogP contribution in [-0.4, -0.2) is 36.9 Å². The predicted molar refractivity (Wildman–Crippen MR) is 105 cm³/mol. The maximum atomic E-state index is 12.5. The van der Waals surface area contributed by atoms with Crippen molar-refractivity contribution in [3.05, 3.63) is 78.0 Å². The summed E-state index contributed by atoms with van der Waals surface area (Å²) < 4.78 is 0. The molecule has 0 bridgehead atoms. The van der Waals surface area contributed by atoms with Crippen LogP contribution < -0.4 is 10.6 Å². The van der Waals surface area contributed by atoms with Crippen molar-refractivity contribution in [3.8, 4) is 5.75 Å². The smallest absolute Gasteiger partial charge is 0.279 e. The number of fused-ring (bicyclic) bond motifs is 1. The fourth-order valence-corrected chi connectivity index (χ4v) is 2.83. The van der Waals surface area contributed by atoms with E-state index in [9.17, 15) is 14.7 Å². The molecule has 0 fully saturated rings. The first-order valence-electron chi connectivity index (χ1n) is 8.72. The van der Waals surface area contributed by atoms with Gasteiger partial charge in [-0.15, -0.1) is 0 Å². The summed E-state index contributed by atoms with van der Waals surface area (Å²) in [4.78, 5) is 39.9. The SMILES string of the molecule is O=C(Nc1cc(CNC(=O)c2cccc3[nH]cnc23)ccn1)c1ncccc1O. The number of anilines is 1. The van der Waals surface area contributed by atoms with Gasteiger partial charge in [-0.05, 0) is 42.0 Å². The van der Waals surface area contributed by atoms with Crippen molar-refractivity contribution in [2.24, 2.45) is 0 Å². The monoisotopic (exact) mass is 388 g/mol. The number of benzene rings is 1. The highest BCUT2D eigenvalue weighted by Gasteiger charge is 2.14. The van der Waals surface area contributed by atoms with Gasteiger partial charge in [0.2, 0.25) is 0 Å². The van der Waals surface area contributed by atoms with E-state index < -0.39 is 5.91 Å². The highest BCUT2D eigenvalue weighted by Crippen LogP contribution is 2.16. The number of rotatable bonds is 5. The van der Waals surface area contributed by atoms with Crippen LogP contribution in [0.2, 0.25) is 0 Å². The minimum absolute atomic E-state index is 0.0971. The van der Waals surface area contributed by atoms with Gasteiger partial charge >= 0.3 is 0 Å². The molecule has 0 spiro atoms. The molecule has 3 aromatic heterocycles. The van der Waals surface area contributed by atoms with E-state index in [4.69, 9.17) is 0 Å². The molecule has 2 amide bonds. The van der Waals surface area contributed by atoms with Crippen LogP contribution in [0.1, 0.15) is 26.4 Å². The molecule has 4 rings (SSSR count). The number of nitrogens with one attached hydrogen (secondary N) is 3. The molecule has 0 radical (unpaired) electrons. The molecule has 144 valence electrons. The Labute approximate surface area is 164 Å². The quantitative estimate of drug-likeness (QED) is 0.414. The first kappa shape index (κ1) is 18.1. The number of aromatic amines is 1. The Morgan fingerprint density at radius 2 is 1.90 bits per heavy atom. The molecule has 4 N–H and O–H groups in total. The van der Waals surface area contributed by atoms with Crippen LogP contribution in [0.5, 0.6) is 5.75 Å². The van der Waals surface area contributed by atoms with E-state index in [1.165, 1.54) is 24.5 Å². The number of aromatic hydroxyl groups is 1. The Bertz CT molecular complexity index is 1200. The molecule has 0 aliphatic carbocycles. The number of carbonyl (C=O) groups excluding carboxylic acids is 2. The van der Waals surface area contributed by atoms with E-state index >= 15 is 0 Å². The lowest BCUT2D eigenvalue weighted by Gasteiger charge is -2.09. The number of aromatic nitrogens is 4. The second-order valence-electron chi connectivity index (χ2n) is 6.16. The first-order valence-corrected chi connectivity index (χ1v) is 8.72. The van der Waals surface area contributed by atoms with Crippen LogP contribution in [0.25, 0.3) is 11.0 Å². The van der Waals surface area contributed by atoms with Crippen molar-refractivity contribution in [2.75, 3.05) is 5.32 Å². The van der Waals surface area contributed by atoms with Gasteiger partial charge in [-0.3, -0.25) is 9.59 Å². The highest BCUT2D eigenvalue weighted by molar-refractivity contribution is 6.05. The molecule has 3 heterocycles. The van der Waals surface area contributed by atoms with E-state index in [1.54, 1.807) is 30.6 Å². The molecule has 4 aromatic rings. The maximum Gasteiger partial charge on any atom is 0.279 e. The molecule has 0 atom stereocenters. The standard InChI is InChI=1S/C20H16N6O3/c27-15-5-2-7-22-18(15)20(29)26-16-9-12(6-8-21-16)10-23-19(28)13-3-1-4-14-17(13)25-11-24-14/h1-9,11,27H,10H2,(H,23,28)(H,24,25)(H,21,26,29). The topological polar surface area (TPSA) is 133 Å². The zero-order valence-corrected chi connectivity index (χ0v) is 15.1. The molecular weight excluding hydrogens is 372 g/mol. The molecule has 0 aliphatic heterocycles. The van der Waals surface area contributed by atoms with Crippen LogP contribution in [0.3, 0.4) is 0 Å². The second kappa shape index (κ2) is 7.77. The molecule has 1 aromatic carbocycles. The number of para-hydroxylation sites is 1. The molecule has 0 unspecified atom stereocenters. The van der Waals surface area contributed by atoms with Gasteiger partial charge in [0.15, 0.2) is 5.69 Å². The number of pyridine rings is 2. The molecular formula is C20H16N6O3. The highest BCUT2D eigenvalue weighted by atomic mass is 16.3. The van der Waals surface area contributed by atoms with E-state index in [0.29, 0.717) is 11.1 Å². The van der Waals surface area contributed by atoms with E-state index in [1.807, 2.05) is 6.07 Å². The van der Waals surface area contributed by atoms with Crippen LogP contribution in [0.15, 0.2) is 61.2 Å². The zero-order chi connectivity index (χ0) is 20.2. The number of nitrogens with zero attached hydrogens (tertiary/aromatic N) is 3. The molecule has 9 heteroatoms. The first-order chi connectivity index (χ1) is 14.1. The van der Waals surface area contributed by atoms with Crippen LogP contribution in [-0.2, 0) is 6.54 Å². The lowest BCUT2D eigenvalue weighted by atomic mass is 10.1. The lowest BCUT2D eigenvalue weighted by Crippen LogP contribution is -2.23. The summed E-state index contributed by atoms with van der Waals surface area (Å²) in [7, 11) is 0. The zero-order valence-electron chi connectivity index (χ0n) is 15.1. The minimum Gasteiger partial charge on any atom is -0.505 e. The fourth-order valence-electron chi connectivity index (χ4n) is 2.83. The van der Waals surface area contributed by atoms with Gasteiger partial charge in [-0.2, -0.15) is 0 Å². The summed E-state index contributed by atoms with van der Waals surface area (Å²) in [6.07, 6.45) is 4.47. The summed E-state index contributed by atoms with van der Waals surface area (Å²) in [6, 6.07) is 11.6. The largest absolute Gasteiger partial charge is 0.505 e. The van der Waals surface area contributed by atoms with Crippen LogP contribution in [0.4, 0.5) is 5.82 Å². The summed E-state index contributed by atoms with van der Waals surface area (Å²) in [5.74, 6) is -0.785. The normalized spacial score (nSPS) is 10.6. The number of amides is 2. The average Bonchev–Trinajstić information content (AvgIpc) is 3.21. The van der Waals surface area contributed by atoms with Crippen molar-refractivity contribution in [2.45, 2.75) is 6.54 Å². The Morgan fingerprint density at radius 1 is 1.00 bits per heavy atom. The van der Waals surface area contributed by atoms with Gasteiger partial charge in [-0.25, -0.2) is 15.0 Å².